The number of hydrogen-bond acceptors (Lipinski definition) is 0. The van der Waals surface area contributed by atoms with Crippen LogP contribution in [0.5, 0.6) is 0 Å². The van der Waals surface area contributed by atoms with Gasteiger partial charge in [0.2, 0.25) is 0 Å². The lowest BCUT2D eigenvalue weighted by molar-refractivity contribution is 0.792. The average molecular weight is 318 g/mol. The van der Waals surface area contributed by atoms with Crippen LogP contribution in [-0.2, 0) is 0 Å². The number of rotatable bonds is 0. The fourth-order valence-electron chi connectivity index (χ4n) is 3.23. The van der Waals surface area contributed by atoms with Crippen LogP contribution in [0.3, 0.4) is 0 Å². The van der Waals surface area contributed by atoms with Crippen LogP contribution in [0, 0.1) is 0 Å². The molecule has 2 heteroatoms. The van der Waals surface area contributed by atoms with E-state index in [0.29, 0.717) is 0 Å². The highest BCUT2D eigenvalue weighted by Gasteiger charge is 2.41. The van der Waals surface area contributed by atoms with Crippen molar-refractivity contribution in [2.45, 2.75) is 11.8 Å². The molecule has 0 spiro atoms. The molecule has 0 saturated heterocycles. The Kier molecular flexibility index (Phi) is 2.24. The minimum atomic E-state index is 0.207. The van der Waals surface area contributed by atoms with Crippen molar-refractivity contribution in [2.75, 3.05) is 0 Å². The van der Waals surface area contributed by atoms with E-state index in [-0.39, 0.29) is 11.8 Å². The lowest BCUT2D eigenvalue weighted by atomic mass is 9.68. The molecule has 2 aromatic rings. The molecule has 0 atom stereocenters. The summed E-state index contributed by atoms with van der Waals surface area (Å²) in [5, 5.41) is 0.942. The lowest BCUT2D eigenvalue weighted by Gasteiger charge is -2.40. The molecule has 0 saturated carbocycles. The van der Waals surface area contributed by atoms with Gasteiger partial charge >= 0.3 is 0 Å². The molecular formula is C16H10BrCl. The molecule has 0 unspecified atom stereocenters. The minimum absolute atomic E-state index is 0.207. The molecule has 0 N–H and O–H groups in total. The van der Waals surface area contributed by atoms with Gasteiger partial charge < -0.3 is 0 Å². The quantitative estimate of drug-likeness (QED) is 0.632. The van der Waals surface area contributed by atoms with Crippen molar-refractivity contribution < 1.29 is 0 Å². The number of hydrogen-bond donors (Lipinski definition) is 0. The molecule has 0 radical (unpaired) electrons. The normalized spacial score (nSPS) is 23.9. The highest BCUT2D eigenvalue weighted by Crippen LogP contribution is 2.57. The fraction of sp³-hybridized carbons (Fsp3) is 0.125. The van der Waals surface area contributed by atoms with Crippen molar-refractivity contribution in [3.63, 3.8) is 0 Å². The molecule has 2 bridgehead atoms. The van der Waals surface area contributed by atoms with Gasteiger partial charge in [0, 0.05) is 21.4 Å². The second kappa shape index (κ2) is 3.72. The van der Waals surface area contributed by atoms with E-state index in [1.54, 1.807) is 0 Å². The summed E-state index contributed by atoms with van der Waals surface area (Å²) in [6.07, 6.45) is 0. The summed E-state index contributed by atoms with van der Waals surface area (Å²) in [6.45, 7) is 0. The standard InChI is InChI=1S/C16H10BrCl/c17-15-13-9-5-1-3-7-11(9)14(16(15)18)12-8-4-2-6-10(12)13/h1-8,13-14H. The smallest absolute Gasteiger partial charge is 0.0462 e. The molecule has 3 aliphatic carbocycles. The Morgan fingerprint density at radius 2 is 1.11 bits per heavy atom. The van der Waals surface area contributed by atoms with E-state index < -0.39 is 0 Å². The summed E-state index contributed by atoms with van der Waals surface area (Å²) >= 11 is 10.2. The van der Waals surface area contributed by atoms with Crippen LogP contribution < -0.4 is 0 Å². The lowest BCUT2D eigenvalue weighted by Crippen LogP contribution is -2.24. The van der Waals surface area contributed by atoms with Crippen LogP contribution in [0.4, 0.5) is 0 Å². The van der Waals surface area contributed by atoms with Gasteiger partial charge in [-0.15, -0.1) is 0 Å². The Hall–Kier alpha value is -1.05. The first-order valence-corrected chi connectivity index (χ1v) is 7.19. The van der Waals surface area contributed by atoms with E-state index >= 15 is 0 Å². The first-order valence-electron chi connectivity index (χ1n) is 6.01. The Bertz CT molecular complexity index is 582. The van der Waals surface area contributed by atoms with Crippen LogP contribution in [0.1, 0.15) is 34.1 Å². The molecule has 88 valence electrons. The monoisotopic (exact) mass is 316 g/mol. The second-order valence-electron chi connectivity index (χ2n) is 4.82. The number of halogens is 2. The summed E-state index contributed by atoms with van der Waals surface area (Å²) in [5.74, 6) is 0.480. The van der Waals surface area contributed by atoms with Gasteiger partial charge in [0.1, 0.15) is 0 Å². The molecular weight excluding hydrogens is 308 g/mol. The zero-order valence-corrected chi connectivity index (χ0v) is 11.9. The molecule has 3 aliphatic rings. The van der Waals surface area contributed by atoms with E-state index in [0.717, 1.165) is 9.51 Å². The average Bonchev–Trinajstić information content (AvgIpc) is 2.42. The predicted molar refractivity (Wildman–Crippen MR) is 78.4 cm³/mol. The summed E-state index contributed by atoms with van der Waals surface area (Å²) in [5.41, 5.74) is 5.48. The van der Waals surface area contributed by atoms with Gasteiger partial charge in [-0.1, -0.05) is 76.1 Å². The van der Waals surface area contributed by atoms with Gasteiger partial charge in [-0.05, 0) is 22.3 Å². The van der Waals surface area contributed by atoms with Crippen molar-refractivity contribution in [3.8, 4) is 0 Å². The third-order valence-corrected chi connectivity index (χ3v) is 5.51. The van der Waals surface area contributed by atoms with Gasteiger partial charge in [-0.3, -0.25) is 0 Å². The maximum Gasteiger partial charge on any atom is 0.0462 e. The van der Waals surface area contributed by atoms with Crippen LogP contribution in [0.2, 0.25) is 0 Å². The van der Waals surface area contributed by atoms with Crippen LogP contribution >= 0.6 is 27.5 Å². The second-order valence-corrected chi connectivity index (χ2v) is 6.08. The van der Waals surface area contributed by atoms with Gasteiger partial charge in [0.15, 0.2) is 0 Å². The Balaban J connectivity index is 2.10. The maximum atomic E-state index is 6.55. The van der Waals surface area contributed by atoms with E-state index in [4.69, 9.17) is 11.6 Å². The zero-order valence-electron chi connectivity index (χ0n) is 9.53. The van der Waals surface area contributed by atoms with Crippen molar-refractivity contribution >= 4 is 27.5 Å². The van der Waals surface area contributed by atoms with Crippen molar-refractivity contribution in [2.24, 2.45) is 0 Å². The van der Waals surface area contributed by atoms with Crippen LogP contribution in [-0.4, -0.2) is 0 Å². The maximum absolute atomic E-state index is 6.55. The summed E-state index contributed by atoms with van der Waals surface area (Å²) in [4.78, 5) is 0. The van der Waals surface area contributed by atoms with Crippen LogP contribution in [0.15, 0.2) is 58.0 Å². The molecule has 5 rings (SSSR count). The predicted octanol–water partition coefficient (Wildman–Crippen LogP) is 5.12. The first-order chi connectivity index (χ1) is 8.79. The van der Waals surface area contributed by atoms with E-state index in [1.165, 1.54) is 22.3 Å². The van der Waals surface area contributed by atoms with Crippen molar-refractivity contribution in [1.82, 2.24) is 0 Å². The molecule has 18 heavy (non-hydrogen) atoms. The van der Waals surface area contributed by atoms with Crippen molar-refractivity contribution in [1.29, 1.82) is 0 Å². The fourth-order valence-corrected chi connectivity index (χ4v) is 4.30. The van der Waals surface area contributed by atoms with Crippen LogP contribution in [0.25, 0.3) is 0 Å². The van der Waals surface area contributed by atoms with Gasteiger partial charge in [0.25, 0.3) is 0 Å². The molecule has 0 fully saturated rings. The minimum Gasteiger partial charge on any atom is -0.0872 e. The summed E-state index contributed by atoms with van der Waals surface area (Å²) in [6, 6.07) is 17.2. The summed E-state index contributed by atoms with van der Waals surface area (Å²) in [7, 11) is 0. The van der Waals surface area contributed by atoms with E-state index in [1.807, 2.05) is 0 Å². The number of benzene rings is 2. The SMILES string of the molecule is ClC1=C(Br)C2c3ccccc3C1c1ccccc12. The third kappa shape index (κ3) is 1.21. The largest absolute Gasteiger partial charge is 0.0872 e. The zero-order chi connectivity index (χ0) is 12.3. The Morgan fingerprint density at radius 3 is 1.56 bits per heavy atom. The Labute approximate surface area is 119 Å². The van der Waals surface area contributed by atoms with E-state index in [2.05, 4.69) is 64.5 Å². The number of allylic oxidation sites excluding steroid dienone is 2. The highest BCUT2D eigenvalue weighted by atomic mass is 79.9. The Morgan fingerprint density at radius 1 is 0.722 bits per heavy atom. The van der Waals surface area contributed by atoms with Crippen molar-refractivity contribution in [3.05, 3.63) is 80.3 Å². The van der Waals surface area contributed by atoms with Gasteiger partial charge in [-0.2, -0.15) is 0 Å². The highest BCUT2D eigenvalue weighted by molar-refractivity contribution is 9.11. The molecule has 0 heterocycles. The van der Waals surface area contributed by atoms with Gasteiger partial charge in [-0.25, -0.2) is 0 Å². The summed E-state index contributed by atoms with van der Waals surface area (Å²) < 4.78 is 1.13. The molecule has 0 nitrogen and oxygen atoms in total. The van der Waals surface area contributed by atoms with E-state index in [9.17, 15) is 0 Å². The first kappa shape index (κ1) is 10.8. The third-order valence-electron chi connectivity index (χ3n) is 3.97. The molecule has 0 aromatic heterocycles. The molecule has 0 aliphatic heterocycles. The van der Waals surface area contributed by atoms with Gasteiger partial charge in [0.05, 0.1) is 0 Å². The topological polar surface area (TPSA) is 0 Å². The molecule has 2 aromatic carbocycles. The molecule has 0 amide bonds.